The van der Waals surface area contributed by atoms with Crippen molar-refractivity contribution in [1.82, 2.24) is 4.90 Å². The number of rotatable bonds is 7. The summed E-state index contributed by atoms with van der Waals surface area (Å²) in [5.41, 5.74) is 0. The van der Waals surface area contributed by atoms with Crippen LogP contribution in [0.25, 0.3) is 0 Å². The molecule has 0 aromatic rings. The Balaban J connectivity index is 2.59. The molecule has 2 rings (SSSR count). The molecule has 0 aliphatic carbocycles. The number of hydrogen-bond acceptors (Lipinski definition) is 11. The van der Waals surface area contributed by atoms with Gasteiger partial charge in [0.05, 0.1) is 30.8 Å². The number of methoxy groups -OCH3 is 1. The molecular weight excluding hydrogens is 546 g/mol. The van der Waals surface area contributed by atoms with E-state index in [9.17, 15) is 24.6 Å². The van der Waals surface area contributed by atoms with E-state index in [-0.39, 0.29) is 30.5 Å². The normalized spacial score (nSPS) is 39.0. The van der Waals surface area contributed by atoms with Gasteiger partial charge in [-0.05, 0) is 46.4 Å². The Morgan fingerprint density at radius 1 is 1.07 bits per heavy atom. The summed E-state index contributed by atoms with van der Waals surface area (Å²) in [7, 11) is 4.92. The number of ether oxygens (including phenoxy) is 5. The van der Waals surface area contributed by atoms with Gasteiger partial charge < -0.3 is 38.8 Å². The summed E-state index contributed by atoms with van der Waals surface area (Å²) in [5.74, 6) is -1.88. The van der Waals surface area contributed by atoms with Crippen LogP contribution >= 0.6 is 0 Å². The molecule has 42 heavy (non-hydrogen) atoms. The Bertz CT molecular complexity index is 937. The molecule has 0 saturated carbocycles. The topological polar surface area (TPSA) is 141 Å². The van der Waals surface area contributed by atoms with Gasteiger partial charge in [-0.15, -0.1) is 0 Å². The number of nitrogens with zero attached hydrogens (tertiary/aromatic N) is 1. The second-order valence-corrected chi connectivity index (χ2v) is 11.6. The number of cyclic esters (lactones) is 1. The van der Waals surface area contributed by atoms with Gasteiger partial charge in [0, 0.05) is 25.9 Å². The van der Waals surface area contributed by atoms with Crippen molar-refractivity contribution in [2.45, 2.75) is 122 Å². The highest BCUT2D eigenvalue weighted by atomic mass is 16.7. The lowest BCUT2D eigenvalue weighted by Gasteiger charge is -2.46. The zero-order valence-corrected chi connectivity index (χ0v) is 26.3. The van der Waals surface area contributed by atoms with Gasteiger partial charge in [0.15, 0.2) is 12.1 Å². The molecule has 0 unspecified atom stereocenters. The van der Waals surface area contributed by atoms with Crippen molar-refractivity contribution < 1.29 is 48.3 Å². The Morgan fingerprint density at radius 3 is 2.36 bits per heavy atom. The summed E-state index contributed by atoms with van der Waals surface area (Å²) in [5, 5.41) is 22.0. The fraction of sp³-hybridized carbons (Fsp3) is 0.774. The van der Waals surface area contributed by atoms with Gasteiger partial charge in [-0.1, -0.05) is 45.4 Å². The highest BCUT2D eigenvalue weighted by Crippen LogP contribution is 2.33. The molecule has 1 saturated heterocycles. The first-order valence-electron chi connectivity index (χ1n) is 15.0. The molecule has 2 aliphatic rings. The van der Waals surface area contributed by atoms with Gasteiger partial charge >= 0.3 is 11.9 Å². The summed E-state index contributed by atoms with van der Waals surface area (Å²) < 4.78 is 29.7. The van der Waals surface area contributed by atoms with Crippen LogP contribution < -0.4 is 0 Å². The summed E-state index contributed by atoms with van der Waals surface area (Å²) in [6, 6.07) is -0.685. The number of hydrogen-bond donors (Lipinski definition) is 2. The average Bonchev–Trinajstić information content (AvgIpc) is 2.92. The Hall–Kier alpha value is -2.15. The lowest BCUT2D eigenvalue weighted by Crippen LogP contribution is -2.63. The minimum atomic E-state index is -1.24. The van der Waals surface area contributed by atoms with Crippen molar-refractivity contribution >= 4 is 17.7 Å². The van der Waals surface area contributed by atoms with E-state index in [1.165, 1.54) is 13.2 Å². The SMILES string of the molecule is CCC(=O)O[C@@H]1CC(=O)O[C@H](C)C/C=C/C=C/C(=O)[C@H](C)C[C@H](CC)[C@H](O[C@@H]2O[C@H](C)[C@@H](O)[C@H](N(C)C)[C@H]2O)[C@H]1OC. The first-order chi connectivity index (χ1) is 19.8. The van der Waals surface area contributed by atoms with E-state index in [4.69, 9.17) is 23.7 Å². The van der Waals surface area contributed by atoms with Gasteiger partial charge in [-0.3, -0.25) is 14.4 Å². The molecule has 2 N–H and O–H groups in total. The van der Waals surface area contributed by atoms with Crippen LogP contribution in [0.2, 0.25) is 0 Å². The van der Waals surface area contributed by atoms with Gasteiger partial charge in [0.2, 0.25) is 0 Å². The minimum Gasteiger partial charge on any atom is -0.462 e. The molecule has 1 fully saturated rings. The van der Waals surface area contributed by atoms with Crippen LogP contribution in [-0.2, 0) is 38.1 Å². The third kappa shape index (κ3) is 9.96. The zero-order chi connectivity index (χ0) is 31.6. The largest absolute Gasteiger partial charge is 0.462 e. The van der Waals surface area contributed by atoms with E-state index in [1.807, 2.05) is 19.9 Å². The van der Waals surface area contributed by atoms with E-state index in [0.29, 0.717) is 19.3 Å². The van der Waals surface area contributed by atoms with Gasteiger partial charge in [0.25, 0.3) is 0 Å². The maximum atomic E-state index is 13.0. The third-order valence-corrected chi connectivity index (χ3v) is 8.04. The molecule has 2 aliphatic heterocycles. The van der Waals surface area contributed by atoms with Crippen molar-refractivity contribution in [3.63, 3.8) is 0 Å². The number of carbonyl (C=O) groups excluding carboxylic acids is 3. The lowest BCUT2D eigenvalue weighted by atomic mass is 9.83. The number of likely N-dealkylation sites (N-methyl/N-ethyl adjacent to an activating group) is 1. The minimum absolute atomic E-state index is 0.0651. The Labute approximate surface area is 250 Å². The van der Waals surface area contributed by atoms with Gasteiger partial charge in [-0.2, -0.15) is 0 Å². The van der Waals surface area contributed by atoms with E-state index in [2.05, 4.69) is 0 Å². The van der Waals surface area contributed by atoms with Crippen LogP contribution in [0.4, 0.5) is 0 Å². The highest BCUT2D eigenvalue weighted by Gasteiger charge is 2.48. The number of aliphatic hydroxyl groups excluding tert-OH is 2. The van der Waals surface area contributed by atoms with Crippen LogP contribution in [0.5, 0.6) is 0 Å². The molecule has 0 aromatic heterocycles. The number of ketones is 1. The van der Waals surface area contributed by atoms with E-state index < -0.39 is 67.0 Å². The van der Waals surface area contributed by atoms with Gasteiger partial charge in [-0.25, -0.2) is 0 Å². The summed E-state index contributed by atoms with van der Waals surface area (Å²) in [6.45, 7) is 8.87. The van der Waals surface area contributed by atoms with Crippen molar-refractivity contribution in [3.8, 4) is 0 Å². The molecule has 11 atom stereocenters. The molecule has 11 heteroatoms. The van der Waals surface area contributed by atoms with Crippen molar-refractivity contribution in [2.24, 2.45) is 11.8 Å². The van der Waals surface area contributed by atoms with Crippen molar-refractivity contribution in [3.05, 3.63) is 24.3 Å². The van der Waals surface area contributed by atoms with E-state index in [1.54, 1.807) is 51.9 Å². The van der Waals surface area contributed by atoms with Crippen molar-refractivity contribution in [2.75, 3.05) is 21.2 Å². The molecule has 0 radical (unpaired) electrons. The number of carbonyl (C=O) groups is 3. The predicted molar refractivity (Wildman–Crippen MR) is 155 cm³/mol. The third-order valence-electron chi connectivity index (χ3n) is 8.04. The Morgan fingerprint density at radius 2 is 1.76 bits per heavy atom. The second kappa shape index (κ2) is 17.2. The second-order valence-electron chi connectivity index (χ2n) is 11.6. The van der Waals surface area contributed by atoms with E-state index >= 15 is 0 Å². The first-order valence-corrected chi connectivity index (χ1v) is 15.0. The average molecular weight is 598 g/mol. The molecule has 0 spiro atoms. The molecule has 0 amide bonds. The van der Waals surface area contributed by atoms with Crippen LogP contribution in [0.1, 0.15) is 66.7 Å². The summed E-state index contributed by atoms with van der Waals surface area (Å²) in [4.78, 5) is 40.3. The first kappa shape index (κ1) is 36.0. The lowest BCUT2D eigenvalue weighted by molar-refractivity contribution is -0.310. The fourth-order valence-electron chi connectivity index (χ4n) is 5.57. The molecule has 11 nitrogen and oxygen atoms in total. The van der Waals surface area contributed by atoms with Crippen LogP contribution in [-0.4, -0.2) is 109 Å². The molecular formula is C31H51NO10. The number of aliphatic hydroxyl groups is 2. The smallest absolute Gasteiger partial charge is 0.309 e. The molecule has 0 aromatic carbocycles. The van der Waals surface area contributed by atoms with Crippen LogP contribution in [0.15, 0.2) is 24.3 Å². The van der Waals surface area contributed by atoms with Crippen LogP contribution in [0.3, 0.4) is 0 Å². The maximum absolute atomic E-state index is 13.0. The maximum Gasteiger partial charge on any atom is 0.309 e. The van der Waals surface area contributed by atoms with E-state index in [0.717, 1.165) is 0 Å². The molecule has 240 valence electrons. The highest BCUT2D eigenvalue weighted by molar-refractivity contribution is 5.91. The molecule has 2 heterocycles. The van der Waals surface area contributed by atoms with Gasteiger partial charge in [0.1, 0.15) is 24.4 Å². The molecule has 0 bridgehead atoms. The number of esters is 2. The standard InChI is InChI=1S/C31H51NO10/c1-9-21-16-18(3)22(33)15-13-11-12-14-19(4)39-25(35)17-23(41-24(34)10-2)30(38-8)29(21)42-31-28(37)26(32(6)7)27(36)20(5)40-31/h11-13,15,18-21,23,26-31,36-37H,9-10,14,16-17H2,1-8H3/b12-11+,15-13+/t18-,19-,20-,21+,23-,26+,27-,28-,29+,30+,31+/m1/s1. The summed E-state index contributed by atoms with van der Waals surface area (Å²) in [6.07, 6.45) is 0.474. The monoisotopic (exact) mass is 597 g/mol. The Kier molecular flexibility index (Phi) is 14.8. The summed E-state index contributed by atoms with van der Waals surface area (Å²) >= 11 is 0. The number of allylic oxidation sites excluding steroid dienone is 3. The van der Waals surface area contributed by atoms with Crippen molar-refractivity contribution in [1.29, 1.82) is 0 Å². The predicted octanol–water partition coefficient (Wildman–Crippen LogP) is 2.56. The quantitative estimate of drug-likeness (QED) is 0.418. The van der Waals surface area contributed by atoms with Crippen LogP contribution in [0, 0.1) is 11.8 Å². The fourth-order valence-corrected chi connectivity index (χ4v) is 5.57. The zero-order valence-electron chi connectivity index (χ0n) is 26.3.